The van der Waals surface area contributed by atoms with Crippen LogP contribution in [0.5, 0.6) is 5.75 Å². The average Bonchev–Trinajstić information content (AvgIpc) is 2.38. The Morgan fingerprint density at radius 2 is 2.21 bits per heavy atom. The number of ether oxygens (including phenoxy) is 1. The Morgan fingerprint density at radius 3 is 2.79 bits per heavy atom. The van der Waals surface area contributed by atoms with E-state index in [1.54, 1.807) is 25.1 Å². The molecule has 1 rings (SSSR count). The van der Waals surface area contributed by atoms with Crippen molar-refractivity contribution < 1.29 is 23.4 Å². The summed E-state index contributed by atoms with van der Waals surface area (Å²) in [4.78, 5) is 11.3. The zero-order valence-corrected chi connectivity index (χ0v) is 11.0. The van der Waals surface area contributed by atoms with E-state index in [2.05, 4.69) is 0 Å². The molecule has 2 N–H and O–H groups in total. The monoisotopic (exact) mass is 293 g/mol. The lowest BCUT2D eigenvalue weighted by molar-refractivity contribution is -0.126. The molecule has 0 radical (unpaired) electrons. The second-order valence-corrected chi connectivity index (χ2v) is 4.40. The van der Waals surface area contributed by atoms with Gasteiger partial charge in [-0.3, -0.25) is 4.79 Å². The number of aliphatic hydroxyl groups is 1. The van der Waals surface area contributed by atoms with E-state index >= 15 is 0 Å². The van der Waals surface area contributed by atoms with E-state index in [1.807, 2.05) is 5.32 Å². The Hall–Kier alpha value is -1.40. The summed E-state index contributed by atoms with van der Waals surface area (Å²) in [5.74, 6) is -3.60. The minimum Gasteiger partial charge on any atom is -0.484 e. The van der Waals surface area contributed by atoms with Gasteiger partial charge >= 0.3 is 0 Å². The van der Waals surface area contributed by atoms with Crippen LogP contribution in [-0.2, 0) is 4.79 Å². The first-order valence-corrected chi connectivity index (χ1v) is 5.86. The number of rotatable bonds is 6. The Bertz CT molecular complexity index is 455. The van der Waals surface area contributed by atoms with Gasteiger partial charge in [0.05, 0.1) is 6.54 Å². The predicted octanol–water partition coefficient (Wildman–Crippen LogP) is 1.77. The molecule has 1 amide bonds. The summed E-state index contributed by atoms with van der Waals surface area (Å²) in [6.07, 6.45) is 0. The van der Waals surface area contributed by atoms with Crippen molar-refractivity contribution in [1.82, 2.24) is 5.32 Å². The van der Waals surface area contributed by atoms with Gasteiger partial charge in [-0.25, -0.2) is 8.78 Å². The van der Waals surface area contributed by atoms with E-state index < -0.39 is 25.0 Å². The molecule has 0 saturated heterocycles. The SMILES string of the molecule is Cc1cc(OCC(=O)NCC(F)(F)CO)ccc1Cl. The standard InChI is InChI=1S/C12H14ClF2NO3/c1-8-4-9(2-3-10(8)13)19-5-11(18)16-6-12(14,15)7-17/h2-4,17H,5-7H2,1H3,(H,16,18). The van der Waals surface area contributed by atoms with Crippen LogP contribution < -0.4 is 10.1 Å². The number of carbonyl (C=O) groups excluding carboxylic acids is 1. The third kappa shape index (κ3) is 5.40. The molecule has 0 bridgehead atoms. The van der Waals surface area contributed by atoms with Gasteiger partial charge in [0.25, 0.3) is 11.8 Å². The van der Waals surface area contributed by atoms with Gasteiger partial charge in [-0.05, 0) is 30.7 Å². The van der Waals surface area contributed by atoms with Gasteiger partial charge in [0, 0.05) is 5.02 Å². The van der Waals surface area contributed by atoms with Crippen LogP contribution in [0.3, 0.4) is 0 Å². The number of hydrogen-bond acceptors (Lipinski definition) is 3. The summed E-state index contributed by atoms with van der Waals surface area (Å²) in [6, 6.07) is 4.83. The lowest BCUT2D eigenvalue weighted by Crippen LogP contribution is -2.40. The first-order valence-electron chi connectivity index (χ1n) is 5.48. The molecule has 0 unspecified atom stereocenters. The van der Waals surface area contributed by atoms with E-state index in [1.165, 1.54) is 0 Å². The van der Waals surface area contributed by atoms with E-state index in [-0.39, 0.29) is 6.61 Å². The van der Waals surface area contributed by atoms with Gasteiger partial charge in [0.1, 0.15) is 12.4 Å². The second kappa shape index (κ2) is 6.68. The van der Waals surface area contributed by atoms with E-state index in [4.69, 9.17) is 21.4 Å². The smallest absolute Gasteiger partial charge is 0.287 e. The maximum Gasteiger partial charge on any atom is 0.287 e. The number of halogens is 3. The van der Waals surface area contributed by atoms with Crippen molar-refractivity contribution in [3.05, 3.63) is 28.8 Å². The highest BCUT2D eigenvalue weighted by molar-refractivity contribution is 6.31. The summed E-state index contributed by atoms with van der Waals surface area (Å²) in [7, 11) is 0. The fourth-order valence-corrected chi connectivity index (χ4v) is 1.31. The molecule has 0 aromatic heterocycles. The number of alkyl halides is 2. The van der Waals surface area contributed by atoms with Gasteiger partial charge < -0.3 is 15.2 Å². The van der Waals surface area contributed by atoms with Crippen molar-refractivity contribution >= 4 is 17.5 Å². The highest BCUT2D eigenvalue weighted by atomic mass is 35.5. The van der Waals surface area contributed by atoms with Crippen molar-refractivity contribution in [2.24, 2.45) is 0 Å². The molecule has 0 aliphatic carbocycles. The van der Waals surface area contributed by atoms with Crippen LogP contribution >= 0.6 is 11.6 Å². The third-order valence-electron chi connectivity index (χ3n) is 2.27. The molecule has 1 aromatic rings. The van der Waals surface area contributed by atoms with Gasteiger partial charge in [0.15, 0.2) is 6.61 Å². The van der Waals surface area contributed by atoms with E-state index in [0.717, 1.165) is 5.56 Å². The van der Waals surface area contributed by atoms with Crippen LogP contribution in [0.25, 0.3) is 0 Å². The number of amides is 1. The molecular formula is C12H14ClF2NO3. The van der Waals surface area contributed by atoms with Crippen LogP contribution in [-0.4, -0.2) is 36.7 Å². The first-order chi connectivity index (χ1) is 8.84. The molecule has 0 fully saturated rings. The maximum atomic E-state index is 12.7. The van der Waals surface area contributed by atoms with Crippen LogP contribution in [0, 0.1) is 6.92 Å². The van der Waals surface area contributed by atoms with Gasteiger partial charge in [-0.1, -0.05) is 11.6 Å². The number of benzene rings is 1. The summed E-state index contributed by atoms with van der Waals surface area (Å²) in [6.45, 7) is -0.852. The number of nitrogens with one attached hydrogen (secondary N) is 1. The molecule has 0 saturated carbocycles. The summed E-state index contributed by atoms with van der Waals surface area (Å²) in [5.41, 5.74) is 0.784. The van der Waals surface area contributed by atoms with Gasteiger partial charge in [-0.2, -0.15) is 0 Å². The maximum absolute atomic E-state index is 12.7. The molecule has 0 aliphatic rings. The van der Waals surface area contributed by atoms with Crippen LogP contribution in [0.2, 0.25) is 5.02 Å². The molecule has 7 heteroatoms. The van der Waals surface area contributed by atoms with Gasteiger partial charge in [0.2, 0.25) is 0 Å². The minimum atomic E-state index is -3.33. The summed E-state index contributed by atoms with van der Waals surface area (Å²) >= 11 is 5.82. The largest absolute Gasteiger partial charge is 0.484 e. The quantitative estimate of drug-likeness (QED) is 0.840. The number of hydrogen-bond donors (Lipinski definition) is 2. The van der Waals surface area contributed by atoms with Crippen molar-refractivity contribution in [1.29, 1.82) is 0 Å². The van der Waals surface area contributed by atoms with Crippen molar-refractivity contribution in [2.45, 2.75) is 12.8 Å². The Labute approximate surface area is 114 Å². The zero-order valence-electron chi connectivity index (χ0n) is 10.3. The number of carbonyl (C=O) groups is 1. The Balaban J connectivity index is 2.40. The van der Waals surface area contributed by atoms with Crippen LogP contribution in [0.15, 0.2) is 18.2 Å². The molecular weight excluding hydrogens is 280 g/mol. The molecule has 4 nitrogen and oxygen atoms in total. The minimum absolute atomic E-state index is 0.386. The molecule has 0 spiro atoms. The lowest BCUT2D eigenvalue weighted by atomic mass is 10.2. The molecule has 0 heterocycles. The zero-order chi connectivity index (χ0) is 14.5. The normalized spacial score (nSPS) is 11.2. The molecule has 106 valence electrons. The topological polar surface area (TPSA) is 58.6 Å². The van der Waals surface area contributed by atoms with Crippen molar-refractivity contribution in [3.8, 4) is 5.75 Å². The van der Waals surface area contributed by atoms with Crippen LogP contribution in [0.4, 0.5) is 8.78 Å². The van der Waals surface area contributed by atoms with Crippen molar-refractivity contribution in [2.75, 3.05) is 19.8 Å². The number of aliphatic hydroxyl groups excluding tert-OH is 1. The predicted molar refractivity (Wildman–Crippen MR) is 66.7 cm³/mol. The highest BCUT2D eigenvalue weighted by Crippen LogP contribution is 2.20. The summed E-state index contributed by atoms with van der Waals surface area (Å²) in [5, 5.41) is 10.9. The molecule has 0 atom stereocenters. The first kappa shape index (κ1) is 15.7. The lowest BCUT2D eigenvalue weighted by Gasteiger charge is -2.14. The van der Waals surface area contributed by atoms with Crippen molar-refractivity contribution in [3.63, 3.8) is 0 Å². The average molecular weight is 294 g/mol. The fraction of sp³-hybridized carbons (Fsp3) is 0.417. The third-order valence-corrected chi connectivity index (χ3v) is 2.70. The molecule has 1 aromatic carbocycles. The fourth-order valence-electron chi connectivity index (χ4n) is 1.19. The molecule has 0 aliphatic heterocycles. The Morgan fingerprint density at radius 1 is 1.53 bits per heavy atom. The summed E-state index contributed by atoms with van der Waals surface area (Å²) < 4.78 is 30.4. The van der Waals surface area contributed by atoms with E-state index in [0.29, 0.717) is 10.8 Å². The highest BCUT2D eigenvalue weighted by Gasteiger charge is 2.28. The second-order valence-electron chi connectivity index (χ2n) is 3.99. The van der Waals surface area contributed by atoms with Crippen LogP contribution in [0.1, 0.15) is 5.56 Å². The van der Waals surface area contributed by atoms with Gasteiger partial charge in [-0.15, -0.1) is 0 Å². The Kier molecular flexibility index (Phi) is 5.50. The van der Waals surface area contributed by atoms with E-state index in [9.17, 15) is 13.6 Å². The number of aryl methyl sites for hydroxylation is 1. The molecule has 19 heavy (non-hydrogen) atoms.